The van der Waals surface area contributed by atoms with Gasteiger partial charge in [-0.2, -0.15) is 9.61 Å². The van der Waals surface area contributed by atoms with Gasteiger partial charge in [-0.15, -0.1) is 0 Å². The predicted octanol–water partition coefficient (Wildman–Crippen LogP) is 3.39. The first kappa shape index (κ1) is 18.1. The molecule has 2 aromatic carbocycles. The molecule has 31 heavy (non-hydrogen) atoms. The second kappa shape index (κ2) is 6.92. The number of fused-ring (bicyclic) bond motifs is 2. The van der Waals surface area contributed by atoms with E-state index in [1.54, 1.807) is 7.11 Å². The smallest absolute Gasteiger partial charge is 0.228 e. The van der Waals surface area contributed by atoms with Gasteiger partial charge < -0.3 is 15.0 Å². The molecule has 1 fully saturated rings. The molecule has 4 heterocycles. The molecular weight excluding hydrogens is 390 g/mol. The number of ether oxygens (including phenoxy) is 1. The van der Waals surface area contributed by atoms with Crippen molar-refractivity contribution in [1.82, 2.24) is 14.6 Å². The third-order valence-corrected chi connectivity index (χ3v) is 6.06. The van der Waals surface area contributed by atoms with Gasteiger partial charge in [-0.05, 0) is 29.3 Å². The molecule has 2 aliphatic rings. The van der Waals surface area contributed by atoms with Crippen molar-refractivity contribution in [3.8, 4) is 22.4 Å². The molecule has 154 valence electrons. The lowest BCUT2D eigenvalue weighted by atomic mass is 9.97. The van der Waals surface area contributed by atoms with Crippen molar-refractivity contribution in [2.24, 2.45) is 0 Å². The maximum atomic E-state index is 11.9. The number of amides is 1. The lowest BCUT2D eigenvalue weighted by Gasteiger charge is -2.38. The summed E-state index contributed by atoms with van der Waals surface area (Å²) in [7, 11) is 1.74. The van der Waals surface area contributed by atoms with Gasteiger partial charge in [-0.1, -0.05) is 36.4 Å². The normalized spacial score (nSPS) is 15.8. The van der Waals surface area contributed by atoms with E-state index < -0.39 is 0 Å². The largest absolute Gasteiger partial charge is 0.378 e. The van der Waals surface area contributed by atoms with Crippen LogP contribution in [0, 0.1) is 0 Å². The first-order chi connectivity index (χ1) is 15.2. The van der Waals surface area contributed by atoms with Crippen LogP contribution in [0.2, 0.25) is 0 Å². The standard InChI is InChI=1S/C24H21N5O2/c1-31-18-13-28(14-18)24-25-10-9-20-22(16-7-8-19-17(11-16)12-21(30)26-19)23(27-29(20)24)15-5-3-2-4-6-15/h2-11,18H,12-14H2,1H3,(H,26,30). The maximum absolute atomic E-state index is 11.9. The molecule has 1 N–H and O–H groups in total. The van der Waals surface area contributed by atoms with E-state index in [1.165, 1.54) is 0 Å². The number of benzene rings is 2. The molecule has 6 rings (SSSR count). The van der Waals surface area contributed by atoms with Crippen LogP contribution >= 0.6 is 0 Å². The zero-order valence-electron chi connectivity index (χ0n) is 17.1. The molecule has 0 spiro atoms. The summed E-state index contributed by atoms with van der Waals surface area (Å²) in [6.07, 6.45) is 2.47. The van der Waals surface area contributed by atoms with Crippen molar-refractivity contribution in [3.63, 3.8) is 0 Å². The minimum atomic E-state index is 0.0345. The Morgan fingerprint density at radius 1 is 1.06 bits per heavy atom. The van der Waals surface area contributed by atoms with Crippen LogP contribution in [0.5, 0.6) is 0 Å². The van der Waals surface area contributed by atoms with E-state index in [0.717, 1.165) is 58.2 Å². The first-order valence-electron chi connectivity index (χ1n) is 10.4. The topological polar surface area (TPSA) is 71.8 Å². The summed E-state index contributed by atoms with van der Waals surface area (Å²) in [4.78, 5) is 18.7. The number of anilines is 2. The molecule has 2 aliphatic heterocycles. The third-order valence-electron chi connectivity index (χ3n) is 6.06. The summed E-state index contributed by atoms with van der Waals surface area (Å²) < 4.78 is 7.37. The van der Waals surface area contributed by atoms with Crippen LogP contribution in [0.15, 0.2) is 60.8 Å². The number of carbonyl (C=O) groups excluding carboxylic acids is 1. The number of carbonyl (C=O) groups is 1. The summed E-state index contributed by atoms with van der Waals surface area (Å²) in [6, 6.07) is 18.3. The van der Waals surface area contributed by atoms with Crippen molar-refractivity contribution >= 4 is 23.1 Å². The van der Waals surface area contributed by atoms with Crippen LogP contribution < -0.4 is 10.2 Å². The minimum Gasteiger partial charge on any atom is -0.378 e. The number of nitrogens with zero attached hydrogens (tertiary/aromatic N) is 4. The molecule has 7 heteroatoms. The Bertz CT molecular complexity index is 1310. The van der Waals surface area contributed by atoms with Gasteiger partial charge in [0.25, 0.3) is 0 Å². The molecule has 0 atom stereocenters. The van der Waals surface area contributed by atoms with Crippen LogP contribution in [0.1, 0.15) is 5.56 Å². The molecule has 1 amide bonds. The Hall–Kier alpha value is -3.71. The van der Waals surface area contributed by atoms with Crippen LogP contribution in [0.25, 0.3) is 27.9 Å². The Labute approximate surface area is 179 Å². The highest BCUT2D eigenvalue weighted by Gasteiger charge is 2.30. The average molecular weight is 411 g/mol. The number of rotatable bonds is 4. The van der Waals surface area contributed by atoms with E-state index in [-0.39, 0.29) is 12.0 Å². The Kier molecular flexibility index (Phi) is 4.04. The highest BCUT2D eigenvalue weighted by Crippen LogP contribution is 2.39. The third kappa shape index (κ3) is 2.89. The van der Waals surface area contributed by atoms with E-state index in [2.05, 4.69) is 39.5 Å². The minimum absolute atomic E-state index is 0.0345. The average Bonchev–Trinajstić information content (AvgIpc) is 3.33. The summed E-state index contributed by atoms with van der Waals surface area (Å²) in [5.41, 5.74) is 6.92. The molecule has 0 aliphatic carbocycles. The maximum Gasteiger partial charge on any atom is 0.228 e. The van der Waals surface area contributed by atoms with Crippen LogP contribution in [-0.2, 0) is 16.0 Å². The number of hydrogen-bond acceptors (Lipinski definition) is 5. The quantitative estimate of drug-likeness (QED) is 0.557. The molecular formula is C24H21N5O2. The Balaban J connectivity index is 1.56. The van der Waals surface area contributed by atoms with Gasteiger partial charge >= 0.3 is 0 Å². The van der Waals surface area contributed by atoms with E-state index in [1.807, 2.05) is 41.0 Å². The Morgan fingerprint density at radius 2 is 1.90 bits per heavy atom. The lowest BCUT2D eigenvalue weighted by Crippen LogP contribution is -2.53. The summed E-state index contributed by atoms with van der Waals surface area (Å²) in [6.45, 7) is 1.59. The molecule has 0 saturated carbocycles. The monoisotopic (exact) mass is 411 g/mol. The molecule has 2 aromatic heterocycles. The SMILES string of the molecule is COC1CN(c2nccc3c(-c4ccc5c(c4)CC(=O)N5)c(-c4ccccc4)nn23)C1. The highest BCUT2D eigenvalue weighted by atomic mass is 16.5. The second-order valence-corrected chi connectivity index (χ2v) is 7.99. The van der Waals surface area contributed by atoms with E-state index in [4.69, 9.17) is 9.84 Å². The predicted molar refractivity (Wildman–Crippen MR) is 119 cm³/mol. The number of hydrogen-bond donors (Lipinski definition) is 1. The summed E-state index contributed by atoms with van der Waals surface area (Å²) in [5.74, 6) is 0.847. The number of methoxy groups -OCH3 is 1. The van der Waals surface area contributed by atoms with Crippen LogP contribution in [0.3, 0.4) is 0 Å². The summed E-state index contributed by atoms with van der Waals surface area (Å²) in [5, 5.41) is 7.92. The fourth-order valence-corrected chi connectivity index (χ4v) is 4.40. The van der Waals surface area contributed by atoms with E-state index in [0.29, 0.717) is 6.42 Å². The van der Waals surface area contributed by atoms with Crippen molar-refractivity contribution in [2.75, 3.05) is 30.4 Å². The zero-order chi connectivity index (χ0) is 20.9. The van der Waals surface area contributed by atoms with Crippen molar-refractivity contribution in [1.29, 1.82) is 0 Å². The van der Waals surface area contributed by atoms with Crippen LogP contribution in [-0.4, -0.2) is 46.8 Å². The van der Waals surface area contributed by atoms with Crippen molar-refractivity contribution in [3.05, 3.63) is 66.4 Å². The van der Waals surface area contributed by atoms with E-state index in [9.17, 15) is 4.79 Å². The Morgan fingerprint density at radius 3 is 2.71 bits per heavy atom. The van der Waals surface area contributed by atoms with E-state index >= 15 is 0 Å². The molecule has 4 aromatic rings. The molecule has 0 radical (unpaired) electrons. The van der Waals surface area contributed by atoms with Crippen molar-refractivity contribution in [2.45, 2.75) is 12.5 Å². The second-order valence-electron chi connectivity index (χ2n) is 7.99. The highest BCUT2D eigenvalue weighted by molar-refractivity contribution is 6.01. The summed E-state index contributed by atoms with van der Waals surface area (Å²) >= 11 is 0. The van der Waals surface area contributed by atoms with Gasteiger partial charge in [0.1, 0.15) is 5.69 Å². The van der Waals surface area contributed by atoms with Gasteiger partial charge in [0.05, 0.1) is 18.0 Å². The molecule has 1 saturated heterocycles. The van der Waals surface area contributed by atoms with Gasteiger partial charge in [-0.3, -0.25) is 4.79 Å². The van der Waals surface area contributed by atoms with Crippen LogP contribution in [0.4, 0.5) is 11.6 Å². The first-order valence-corrected chi connectivity index (χ1v) is 10.4. The lowest BCUT2D eigenvalue weighted by molar-refractivity contribution is -0.115. The molecule has 7 nitrogen and oxygen atoms in total. The molecule has 0 unspecified atom stereocenters. The zero-order valence-corrected chi connectivity index (χ0v) is 17.1. The van der Waals surface area contributed by atoms with Gasteiger partial charge in [-0.25, -0.2) is 4.98 Å². The number of aromatic nitrogens is 3. The van der Waals surface area contributed by atoms with Crippen molar-refractivity contribution < 1.29 is 9.53 Å². The number of nitrogens with one attached hydrogen (secondary N) is 1. The van der Waals surface area contributed by atoms with Gasteiger partial charge in [0.2, 0.25) is 11.9 Å². The van der Waals surface area contributed by atoms with Gasteiger partial charge in [0.15, 0.2) is 0 Å². The van der Waals surface area contributed by atoms with Gasteiger partial charge in [0, 0.05) is 43.2 Å². The molecule has 0 bridgehead atoms. The fraction of sp³-hybridized carbons (Fsp3) is 0.208. The fourth-order valence-electron chi connectivity index (χ4n) is 4.40.